The van der Waals surface area contributed by atoms with Crippen LogP contribution >= 0.6 is 0 Å². The van der Waals surface area contributed by atoms with Gasteiger partial charge in [-0.2, -0.15) is 4.98 Å². The van der Waals surface area contributed by atoms with Crippen molar-refractivity contribution in [1.29, 1.82) is 0 Å². The number of hydrogen-bond acceptors (Lipinski definition) is 5. The van der Waals surface area contributed by atoms with Gasteiger partial charge in [0.05, 0.1) is 12.7 Å². The molecule has 2 rings (SSSR count). The number of carbonyl (C=O) groups excluding carboxylic acids is 1. The van der Waals surface area contributed by atoms with Crippen LogP contribution in [0.3, 0.4) is 0 Å². The maximum absolute atomic E-state index is 11.5. The second kappa shape index (κ2) is 4.51. The average Bonchev–Trinajstić information content (AvgIpc) is 2.87. The summed E-state index contributed by atoms with van der Waals surface area (Å²) in [6.45, 7) is 2.24. The van der Waals surface area contributed by atoms with Gasteiger partial charge in [-0.3, -0.25) is 19.9 Å². The van der Waals surface area contributed by atoms with Crippen molar-refractivity contribution < 1.29 is 4.79 Å². The molecule has 16 heavy (non-hydrogen) atoms. The van der Waals surface area contributed by atoms with E-state index in [-0.39, 0.29) is 5.91 Å². The summed E-state index contributed by atoms with van der Waals surface area (Å²) in [5.74, 6) is 0.794. The Morgan fingerprint density at radius 3 is 3.12 bits per heavy atom. The topological polar surface area (TPSA) is 101 Å². The molecule has 0 aliphatic rings. The first-order valence-electron chi connectivity index (χ1n) is 4.77. The first-order chi connectivity index (χ1) is 7.74. The zero-order chi connectivity index (χ0) is 11.4. The molecule has 8 heteroatoms. The van der Waals surface area contributed by atoms with Crippen LogP contribution in [0, 0.1) is 6.92 Å². The van der Waals surface area contributed by atoms with Crippen LogP contribution in [0.15, 0.2) is 12.4 Å². The Balaban J connectivity index is 1.81. The van der Waals surface area contributed by atoms with Crippen LogP contribution in [0.5, 0.6) is 0 Å². The molecule has 1 amide bonds. The van der Waals surface area contributed by atoms with Gasteiger partial charge in [0, 0.05) is 12.6 Å². The SMILES string of the molecule is Cc1nc(NC(=O)CCn2ccnn2)n[nH]1. The molecular formula is C8H11N7O. The van der Waals surface area contributed by atoms with Gasteiger partial charge < -0.3 is 0 Å². The molecule has 84 valence electrons. The standard InChI is InChI=1S/C8H11N7O/c1-6-10-8(13-12-6)11-7(16)2-4-15-5-3-9-14-15/h3,5H,2,4H2,1H3,(H2,10,11,12,13,16). The van der Waals surface area contributed by atoms with E-state index in [1.165, 1.54) is 0 Å². The van der Waals surface area contributed by atoms with Gasteiger partial charge >= 0.3 is 0 Å². The van der Waals surface area contributed by atoms with Crippen LogP contribution in [0.2, 0.25) is 0 Å². The van der Waals surface area contributed by atoms with E-state index in [4.69, 9.17) is 0 Å². The van der Waals surface area contributed by atoms with Gasteiger partial charge in [-0.25, -0.2) is 0 Å². The summed E-state index contributed by atoms with van der Waals surface area (Å²) in [6, 6.07) is 0. The van der Waals surface area contributed by atoms with Crippen LogP contribution < -0.4 is 5.32 Å². The first kappa shape index (κ1) is 10.3. The molecule has 0 aliphatic heterocycles. The molecule has 0 spiro atoms. The Hall–Kier alpha value is -2.25. The van der Waals surface area contributed by atoms with Gasteiger partial charge in [0.15, 0.2) is 0 Å². The second-order valence-corrected chi connectivity index (χ2v) is 3.21. The molecule has 2 aromatic rings. The lowest BCUT2D eigenvalue weighted by atomic mass is 10.4. The van der Waals surface area contributed by atoms with E-state index in [1.54, 1.807) is 24.0 Å². The molecule has 0 saturated carbocycles. The number of H-pyrrole nitrogens is 1. The number of nitrogens with zero attached hydrogens (tertiary/aromatic N) is 5. The van der Waals surface area contributed by atoms with E-state index < -0.39 is 0 Å². The number of amides is 1. The molecule has 0 fully saturated rings. The highest BCUT2D eigenvalue weighted by atomic mass is 16.1. The van der Waals surface area contributed by atoms with Crippen molar-refractivity contribution in [3.8, 4) is 0 Å². The lowest BCUT2D eigenvalue weighted by Gasteiger charge is -2.00. The fourth-order valence-electron chi connectivity index (χ4n) is 1.15. The number of nitrogens with one attached hydrogen (secondary N) is 2. The quantitative estimate of drug-likeness (QED) is 0.740. The number of rotatable bonds is 4. The second-order valence-electron chi connectivity index (χ2n) is 3.21. The van der Waals surface area contributed by atoms with E-state index >= 15 is 0 Å². The van der Waals surface area contributed by atoms with Crippen LogP contribution in [0.25, 0.3) is 0 Å². The average molecular weight is 221 g/mol. The van der Waals surface area contributed by atoms with Crippen molar-refractivity contribution in [1.82, 2.24) is 30.2 Å². The molecule has 0 bridgehead atoms. The highest BCUT2D eigenvalue weighted by molar-refractivity contribution is 5.88. The number of aryl methyl sites for hydroxylation is 2. The van der Waals surface area contributed by atoms with Gasteiger partial charge in [-0.05, 0) is 6.92 Å². The van der Waals surface area contributed by atoms with E-state index in [1.807, 2.05) is 0 Å². The summed E-state index contributed by atoms with van der Waals surface area (Å²) in [4.78, 5) is 15.4. The number of hydrogen-bond donors (Lipinski definition) is 2. The Kier molecular flexibility index (Phi) is 2.90. The van der Waals surface area contributed by atoms with Crippen molar-refractivity contribution in [3.63, 3.8) is 0 Å². The van der Waals surface area contributed by atoms with Crippen LogP contribution in [0.4, 0.5) is 5.95 Å². The van der Waals surface area contributed by atoms with E-state index in [2.05, 4.69) is 30.8 Å². The van der Waals surface area contributed by atoms with Crippen LogP contribution in [0.1, 0.15) is 12.2 Å². The van der Waals surface area contributed by atoms with E-state index in [0.717, 1.165) is 0 Å². The number of aromatic amines is 1. The van der Waals surface area contributed by atoms with Crippen molar-refractivity contribution in [2.24, 2.45) is 0 Å². The summed E-state index contributed by atoms with van der Waals surface area (Å²) < 4.78 is 1.59. The summed E-state index contributed by atoms with van der Waals surface area (Å²) in [5, 5.41) is 16.4. The summed E-state index contributed by atoms with van der Waals surface area (Å²) >= 11 is 0. The molecule has 2 aromatic heterocycles. The van der Waals surface area contributed by atoms with Gasteiger partial charge in [0.25, 0.3) is 0 Å². The number of aromatic nitrogens is 6. The van der Waals surface area contributed by atoms with Crippen molar-refractivity contribution in [3.05, 3.63) is 18.2 Å². The Bertz CT molecular complexity index is 460. The highest BCUT2D eigenvalue weighted by Crippen LogP contribution is 1.98. The lowest BCUT2D eigenvalue weighted by Crippen LogP contribution is -2.15. The van der Waals surface area contributed by atoms with Gasteiger partial charge in [-0.15, -0.1) is 10.2 Å². The fraction of sp³-hybridized carbons (Fsp3) is 0.375. The Labute approximate surface area is 91.1 Å². The number of anilines is 1. The molecule has 2 N–H and O–H groups in total. The third-order valence-corrected chi connectivity index (χ3v) is 1.89. The molecule has 0 atom stereocenters. The fourth-order valence-corrected chi connectivity index (χ4v) is 1.15. The normalized spacial score (nSPS) is 10.3. The van der Waals surface area contributed by atoms with Crippen molar-refractivity contribution >= 4 is 11.9 Å². The zero-order valence-corrected chi connectivity index (χ0v) is 8.71. The van der Waals surface area contributed by atoms with Gasteiger partial charge in [0.2, 0.25) is 11.9 Å². The smallest absolute Gasteiger partial charge is 0.248 e. The highest BCUT2D eigenvalue weighted by Gasteiger charge is 2.06. The number of carbonyl (C=O) groups is 1. The van der Waals surface area contributed by atoms with E-state index in [9.17, 15) is 4.79 Å². The zero-order valence-electron chi connectivity index (χ0n) is 8.71. The van der Waals surface area contributed by atoms with Crippen LogP contribution in [-0.4, -0.2) is 36.1 Å². The molecule has 0 aromatic carbocycles. The first-order valence-corrected chi connectivity index (χ1v) is 4.77. The molecule has 0 saturated heterocycles. The molecule has 2 heterocycles. The minimum atomic E-state index is -0.158. The summed E-state index contributed by atoms with van der Waals surface area (Å²) in [7, 11) is 0. The summed E-state index contributed by atoms with van der Waals surface area (Å²) in [6.07, 6.45) is 3.57. The predicted molar refractivity (Wildman–Crippen MR) is 54.4 cm³/mol. The maximum atomic E-state index is 11.5. The minimum Gasteiger partial charge on any atom is -0.293 e. The Morgan fingerprint density at radius 2 is 2.50 bits per heavy atom. The van der Waals surface area contributed by atoms with Crippen molar-refractivity contribution in [2.75, 3.05) is 5.32 Å². The molecule has 0 unspecified atom stereocenters. The van der Waals surface area contributed by atoms with Crippen molar-refractivity contribution in [2.45, 2.75) is 19.9 Å². The monoisotopic (exact) mass is 221 g/mol. The van der Waals surface area contributed by atoms with E-state index in [0.29, 0.717) is 24.7 Å². The molecule has 0 radical (unpaired) electrons. The lowest BCUT2D eigenvalue weighted by molar-refractivity contribution is -0.116. The maximum Gasteiger partial charge on any atom is 0.248 e. The van der Waals surface area contributed by atoms with Crippen LogP contribution in [-0.2, 0) is 11.3 Å². The Morgan fingerprint density at radius 1 is 1.62 bits per heavy atom. The largest absolute Gasteiger partial charge is 0.293 e. The van der Waals surface area contributed by atoms with Gasteiger partial charge in [-0.1, -0.05) is 5.21 Å². The molecule has 0 aliphatic carbocycles. The predicted octanol–water partition coefficient (Wildman–Crippen LogP) is -0.267. The minimum absolute atomic E-state index is 0.158. The summed E-state index contributed by atoms with van der Waals surface area (Å²) in [5.41, 5.74) is 0. The van der Waals surface area contributed by atoms with Gasteiger partial charge in [0.1, 0.15) is 5.82 Å². The molecule has 8 nitrogen and oxygen atoms in total. The molecular weight excluding hydrogens is 210 g/mol. The third-order valence-electron chi connectivity index (χ3n) is 1.89. The third kappa shape index (κ3) is 2.62.